The third kappa shape index (κ3) is 4.59. The fourth-order valence-corrected chi connectivity index (χ4v) is 1.97. The van der Waals surface area contributed by atoms with Gasteiger partial charge in [0.25, 0.3) is 11.9 Å². The second-order valence-electron chi connectivity index (χ2n) is 4.84. The highest BCUT2D eigenvalue weighted by Gasteiger charge is 2.10. The fraction of sp³-hybridized carbons (Fsp3) is 0.357. The standard InChI is InChI=1S/C14H18N6OS/c1-3-4-8-20-18-13(17-19-20)16-14(22)15-12(21)11-7-5-6-10(2)9-11/h5-7,9H,3-4,8H2,1-2H3,(H2,15,16,18,21,22). The summed E-state index contributed by atoms with van der Waals surface area (Å²) in [6, 6.07) is 7.26. The van der Waals surface area contributed by atoms with Gasteiger partial charge in [-0.15, -0.1) is 5.10 Å². The van der Waals surface area contributed by atoms with Crippen LogP contribution in [0.1, 0.15) is 35.7 Å². The summed E-state index contributed by atoms with van der Waals surface area (Å²) >= 11 is 5.08. The number of aromatic nitrogens is 4. The van der Waals surface area contributed by atoms with Crippen LogP contribution in [0.15, 0.2) is 24.3 Å². The molecule has 0 aliphatic heterocycles. The number of thiocarbonyl (C=S) groups is 1. The molecular formula is C14H18N6OS. The number of anilines is 1. The van der Waals surface area contributed by atoms with Crippen LogP contribution in [0.25, 0.3) is 0 Å². The highest BCUT2D eigenvalue weighted by Crippen LogP contribution is 2.04. The van der Waals surface area contributed by atoms with Gasteiger partial charge in [0.2, 0.25) is 0 Å². The second-order valence-corrected chi connectivity index (χ2v) is 5.25. The van der Waals surface area contributed by atoms with Crippen LogP contribution in [0.5, 0.6) is 0 Å². The Morgan fingerprint density at radius 1 is 1.41 bits per heavy atom. The minimum Gasteiger partial charge on any atom is -0.299 e. The molecule has 1 aromatic heterocycles. The summed E-state index contributed by atoms with van der Waals surface area (Å²) in [7, 11) is 0. The Labute approximate surface area is 134 Å². The molecule has 0 fully saturated rings. The van der Waals surface area contributed by atoms with E-state index >= 15 is 0 Å². The Bertz CT molecular complexity index is 669. The van der Waals surface area contributed by atoms with Gasteiger partial charge >= 0.3 is 0 Å². The van der Waals surface area contributed by atoms with Gasteiger partial charge in [-0.1, -0.05) is 36.1 Å². The minimum atomic E-state index is -0.278. The van der Waals surface area contributed by atoms with E-state index in [-0.39, 0.29) is 17.0 Å². The van der Waals surface area contributed by atoms with Gasteiger partial charge in [0, 0.05) is 5.56 Å². The maximum atomic E-state index is 12.0. The highest BCUT2D eigenvalue weighted by molar-refractivity contribution is 7.80. The molecule has 2 aromatic rings. The summed E-state index contributed by atoms with van der Waals surface area (Å²) in [6.07, 6.45) is 2.03. The minimum absolute atomic E-state index is 0.140. The topological polar surface area (TPSA) is 84.7 Å². The van der Waals surface area contributed by atoms with E-state index in [9.17, 15) is 4.79 Å². The lowest BCUT2D eigenvalue weighted by Crippen LogP contribution is -2.34. The van der Waals surface area contributed by atoms with Crippen molar-refractivity contribution in [3.05, 3.63) is 35.4 Å². The van der Waals surface area contributed by atoms with Crippen LogP contribution in [0, 0.1) is 6.92 Å². The summed E-state index contributed by atoms with van der Waals surface area (Å²) in [5.74, 6) is -0.00906. The normalized spacial score (nSPS) is 10.3. The van der Waals surface area contributed by atoms with Crippen LogP contribution < -0.4 is 10.6 Å². The molecule has 8 heteroatoms. The zero-order chi connectivity index (χ0) is 15.9. The molecule has 0 aliphatic carbocycles. The summed E-state index contributed by atoms with van der Waals surface area (Å²) < 4.78 is 0. The van der Waals surface area contributed by atoms with Gasteiger partial charge in [0.05, 0.1) is 6.54 Å². The van der Waals surface area contributed by atoms with Gasteiger partial charge in [-0.2, -0.15) is 4.80 Å². The molecule has 1 amide bonds. The molecule has 0 bridgehead atoms. The van der Waals surface area contributed by atoms with Gasteiger partial charge in [-0.25, -0.2) is 0 Å². The highest BCUT2D eigenvalue weighted by atomic mass is 32.1. The molecule has 2 N–H and O–H groups in total. The van der Waals surface area contributed by atoms with Crippen molar-refractivity contribution in [3.63, 3.8) is 0 Å². The third-order valence-electron chi connectivity index (χ3n) is 2.90. The predicted molar refractivity (Wildman–Crippen MR) is 87.6 cm³/mol. The van der Waals surface area contributed by atoms with E-state index in [2.05, 4.69) is 33.0 Å². The molecular weight excluding hydrogens is 300 g/mol. The van der Waals surface area contributed by atoms with E-state index in [4.69, 9.17) is 12.2 Å². The Morgan fingerprint density at radius 3 is 2.95 bits per heavy atom. The van der Waals surface area contributed by atoms with Crippen LogP contribution in [0.2, 0.25) is 0 Å². The molecule has 0 saturated carbocycles. The zero-order valence-corrected chi connectivity index (χ0v) is 13.4. The quantitative estimate of drug-likeness (QED) is 0.819. The average Bonchev–Trinajstić information content (AvgIpc) is 2.92. The van der Waals surface area contributed by atoms with Crippen molar-refractivity contribution in [2.75, 3.05) is 5.32 Å². The summed E-state index contributed by atoms with van der Waals surface area (Å²) in [4.78, 5) is 13.5. The number of rotatable bonds is 5. The number of aryl methyl sites for hydroxylation is 2. The SMILES string of the molecule is CCCCn1nnc(NC(=S)NC(=O)c2cccc(C)c2)n1. The van der Waals surface area contributed by atoms with Crippen molar-refractivity contribution in [2.45, 2.75) is 33.2 Å². The van der Waals surface area contributed by atoms with E-state index in [1.807, 2.05) is 19.1 Å². The molecule has 7 nitrogen and oxygen atoms in total. The van der Waals surface area contributed by atoms with Crippen LogP contribution in [0.3, 0.4) is 0 Å². The monoisotopic (exact) mass is 318 g/mol. The molecule has 2 rings (SSSR count). The van der Waals surface area contributed by atoms with Crippen molar-refractivity contribution >= 4 is 29.2 Å². The largest absolute Gasteiger partial charge is 0.299 e. The molecule has 0 aliphatic rings. The number of benzene rings is 1. The Balaban J connectivity index is 1.89. The van der Waals surface area contributed by atoms with Gasteiger partial charge in [0.15, 0.2) is 5.11 Å². The number of hydrogen-bond acceptors (Lipinski definition) is 5. The lowest BCUT2D eigenvalue weighted by atomic mass is 10.1. The number of unbranched alkanes of at least 4 members (excludes halogenated alkanes) is 1. The Morgan fingerprint density at radius 2 is 2.23 bits per heavy atom. The number of amides is 1. The van der Waals surface area contributed by atoms with E-state index in [1.54, 1.807) is 12.1 Å². The molecule has 116 valence electrons. The average molecular weight is 318 g/mol. The Kier molecular flexibility index (Phi) is 5.54. The summed E-state index contributed by atoms with van der Waals surface area (Å²) in [5, 5.41) is 17.3. The van der Waals surface area contributed by atoms with E-state index in [1.165, 1.54) is 4.80 Å². The second kappa shape index (κ2) is 7.60. The number of carbonyl (C=O) groups is 1. The molecule has 0 spiro atoms. The maximum absolute atomic E-state index is 12.0. The number of hydrogen-bond donors (Lipinski definition) is 2. The van der Waals surface area contributed by atoms with Crippen LogP contribution in [0.4, 0.5) is 5.95 Å². The molecule has 0 radical (unpaired) electrons. The maximum Gasteiger partial charge on any atom is 0.269 e. The first-order valence-corrected chi connectivity index (χ1v) is 7.46. The Hall–Kier alpha value is -2.35. The smallest absolute Gasteiger partial charge is 0.269 e. The predicted octanol–water partition coefficient (Wildman–Crippen LogP) is 1.91. The lowest BCUT2D eigenvalue weighted by molar-refractivity contribution is 0.0977. The van der Waals surface area contributed by atoms with Crippen LogP contribution in [-0.4, -0.2) is 31.2 Å². The fourth-order valence-electron chi connectivity index (χ4n) is 1.78. The van der Waals surface area contributed by atoms with Crippen molar-refractivity contribution in [2.24, 2.45) is 0 Å². The summed E-state index contributed by atoms with van der Waals surface area (Å²) in [6.45, 7) is 4.71. The van der Waals surface area contributed by atoms with Gasteiger partial charge in [-0.3, -0.25) is 15.4 Å². The van der Waals surface area contributed by atoms with Crippen molar-refractivity contribution in [1.82, 2.24) is 25.5 Å². The first-order chi connectivity index (χ1) is 10.6. The third-order valence-corrected chi connectivity index (χ3v) is 3.10. The molecule has 0 atom stereocenters. The van der Waals surface area contributed by atoms with Crippen molar-refractivity contribution < 1.29 is 4.79 Å². The van der Waals surface area contributed by atoms with Crippen molar-refractivity contribution in [1.29, 1.82) is 0 Å². The number of nitrogens with zero attached hydrogens (tertiary/aromatic N) is 4. The van der Waals surface area contributed by atoms with Gasteiger partial charge in [-0.05, 0) is 42.9 Å². The van der Waals surface area contributed by atoms with E-state index < -0.39 is 0 Å². The number of nitrogens with one attached hydrogen (secondary N) is 2. The molecule has 1 heterocycles. The van der Waals surface area contributed by atoms with E-state index in [0.717, 1.165) is 18.4 Å². The van der Waals surface area contributed by atoms with E-state index in [0.29, 0.717) is 12.1 Å². The molecule has 0 unspecified atom stereocenters. The van der Waals surface area contributed by atoms with Gasteiger partial charge in [0.1, 0.15) is 0 Å². The first-order valence-electron chi connectivity index (χ1n) is 7.05. The lowest BCUT2D eigenvalue weighted by Gasteiger charge is -2.06. The number of carbonyl (C=O) groups excluding carboxylic acids is 1. The van der Waals surface area contributed by atoms with Crippen molar-refractivity contribution in [3.8, 4) is 0 Å². The molecule has 22 heavy (non-hydrogen) atoms. The molecule has 0 saturated heterocycles. The first kappa shape index (κ1) is 16.0. The van der Waals surface area contributed by atoms with Crippen LogP contribution >= 0.6 is 12.2 Å². The van der Waals surface area contributed by atoms with Gasteiger partial charge < -0.3 is 0 Å². The van der Waals surface area contributed by atoms with Crippen LogP contribution in [-0.2, 0) is 6.54 Å². The molecule has 1 aromatic carbocycles. The summed E-state index contributed by atoms with van der Waals surface area (Å²) in [5.41, 5.74) is 1.55. The zero-order valence-electron chi connectivity index (χ0n) is 12.5. The number of tetrazole rings is 1.